The molecule has 412 valence electrons. The van der Waals surface area contributed by atoms with E-state index in [0.717, 1.165) is 0 Å². The Morgan fingerprint density at radius 2 is 0.838 bits per heavy atom. The quantitative estimate of drug-likeness (QED) is 0.0310. The van der Waals surface area contributed by atoms with Crippen molar-refractivity contribution in [1.82, 2.24) is 51.5 Å². The largest absolute Gasteiger partial charge is 0.481 e. The van der Waals surface area contributed by atoms with E-state index in [1.165, 1.54) is 0 Å². The van der Waals surface area contributed by atoms with Crippen LogP contribution in [-0.4, -0.2) is 243 Å². The average Bonchev–Trinajstić information content (AvgIpc) is 3.31. The fourth-order valence-electron chi connectivity index (χ4n) is 7.42. The van der Waals surface area contributed by atoms with Gasteiger partial charge in [-0.1, -0.05) is 30.3 Å². The number of carbonyl (C=O) groups excluding carboxylic acids is 5. The van der Waals surface area contributed by atoms with Gasteiger partial charge in [-0.2, -0.15) is 0 Å². The van der Waals surface area contributed by atoms with Crippen LogP contribution in [0.5, 0.6) is 0 Å². The first-order valence-corrected chi connectivity index (χ1v) is 23.7. The van der Waals surface area contributed by atoms with E-state index in [1.54, 1.807) is 49.9 Å². The third-order valence-corrected chi connectivity index (χ3v) is 11.4. The zero-order valence-corrected chi connectivity index (χ0v) is 40.8. The van der Waals surface area contributed by atoms with Crippen LogP contribution in [-0.2, 0) is 59.2 Å². The Morgan fingerprint density at radius 1 is 0.419 bits per heavy atom. The number of aliphatic carboxylic acids is 7. The number of carboxylic acids is 7. The summed E-state index contributed by atoms with van der Waals surface area (Å²) in [5, 5.41) is 80.2. The van der Waals surface area contributed by atoms with E-state index in [4.69, 9.17) is 5.11 Å². The van der Waals surface area contributed by atoms with Crippen molar-refractivity contribution < 1.29 is 93.3 Å². The highest BCUT2D eigenvalue weighted by atomic mass is 16.4. The number of nitrogens with zero attached hydrogens (tertiary/aromatic N) is 4. The molecule has 1 aliphatic rings. The summed E-state index contributed by atoms with van der Waals surface area (Å²) in [6, 6.07) is 1.53. The van der Waals surface area contributed by atoms with Gasteiger partial charge in [0.05, 0.1) is 26.2 Å². The summed E-state index contributed by atoms with van der Waals surface area (Å²) in [6.45, 7) is -0.468. The Bertz CT molecular complexity index is 2050. The van der Waals surface area contributed by atoms with Crippen molar-refractivity contribution in [2.24, 2.45) is 0 Å². The molecule has 1 fully saturated rings. The SMILES string of the molecule is O=C(O)CC[C@H](NC(=O)N[C@@H](CCCCNC(=O)CCC(=O)NCCC(NC(=O)C(Cc1ccccc1)NC(=O)CN1CCN(CC(=O)O)CCN(CC(=O)O)CCN(CC(=O)O)CC1)C(=O)O)C(=O)O)C(=O)O. The van der Waals surface area contributed by atoms with E-state index in [9.17, 15) is 88.2 Å². The maximum absolute atomic E-state index is 13.8. The fourth-order valence-corrected chi connectivity index (χ4v) is 7.42. The van der Waals surface area contributed by atoms with Crippen molar-refractivity contribution in [2.45, 2.75) is 82.0 Å². The molecule has 6 amide bonds. The first-order valence-electron chi connectivity index (χ1n) is 23.7. The van der Waals surface area contributed by atoms with Gasteiger partial charge >= 0.3 is 47.8 Å². The molecule has 1 aromatic rings. The predicted octanol–water partition coefficient (Wildman–Crippen LogP) is -3.60. The van der Waals surface area contributed by atoms with Crippen LogP contribution in [0.3, 0.4) is 0 Å². The number of benzene rings is 1. The van der Waals surface area contributed by atoms with E-state index in [2.05, 4.69) is 26.6 Å². The van der Waals surface area contributed by atoms with Crippen LogP contribution in [0.4, 0.5) is 4.79 Å². The molecule has 74 heavy (non-hydrogen) atoms. The summed E-state index contributed by atoms with van der Waals surface area (Å²) >= 11 is 0. The minimum absolute atomic E-state index is 0.0662. The Kier molecular flexibility index (Phi) is 28.8. The first kappa shape index (κ1) is 62.6. The van der Waals surface area contributed by atoms with Gasteiger partial charge in [0.1, 0.15) is 24.2 Å². The lowest BCUT2D eigenvalue weighted by molar-refractivity contribution is -0.142. The van der Waals surface area contributed by atoms with Crippen LogP contribution >= 0.6 is 0 Å². The van der Waals surface area contributed by atoms with Gasteiger partial charge in [-0.05, 0) is 37.7 Å². The van der Waals surface area contributed by atoms with Gasteiger partial charge in [0.2, 0.25) is 23.6 Å². The number of carbonyl (C=O) groups is 12. The number of hydrogen-bond donors (Lipinski definition) is 13. The molecule has 1 saturated heterocycles. The number of amides is 6. The van der Waals surface area contributed by atoms with Crippen LogP contribution in [0.2, 0.25) is 0 Å². The fraction of sp³-hybridized carbons (Fsp3) is 0.600. The molecule has 13 N–H and O–H groups in total. The summed E-state index contributed by atoms with van der Waals surface area (Å²) in [4.78, 5) is 152. The Morgan fingerprint density at radius 3 is 1.27 bits per heavy atom. The summed E-state index contributed by atoms with van der Waals surface area (Å²) in [6.07, 6.45) is -1.60. The third kappa shape index (κ3) is 27.9. The molecule has 0 saturated carbocycles. The molecule has 4 atom stereocenters. The van der Waals surface area contributed by atoms with E-state index in [1.807, 2.05) is 5.32 Å². The lowest BCUT2D eigenvalue weighted by Crippen LogP contribution is -2.55. The van der Waals surface area contributed by atoms with E-state index in [0.29, 0.717) is 5.56 Å². The molecule has 29 nitrogen and oxygen atoms in total. The van der Waals surface area contributed by atoms with E-state index < -0.39 is 108 Å². The van der Waals surface area contributed by atoms with Crippen LogP contribution in [0.25, 0.3) is 0 Å². The molecule has 0 aliphatic carbocycles. The van der Waals surface area contributed by atoms with Crippen molar-refractivity contribution in [1.29, 1.82) is 0 Å². The summed E-state index contributed by atoms with van der Waals surface area (Å²) < 4.78 is 0. The lowest BCUT2D eigenvalue weighted by atomic mass is 10.0. The maximum Gasteiger partial charge on any atom is 0.326 e. The molecule has 0 spiro atoms. The lowest BCUT2D eigenvalue weighted by Gasteiger charge is -2.33. The topological polar surface area (TPSA) is 432 Å². The molecule has 0 aromatic heterocycles. The monoisotopic (exact) mass is 1050 g/mol. The Balaban J connectivity index is 1.97. The second-order valence-corrected chi connectivity index (χ2v) is 17.3. The van der Waals surface area contributed by atoms with E-state index >= 15 is 0 Å². The molecule has 1 heterocycles. The van der Waals surface area contributed by atoms with Crippen LogP contribution in [0, 0.1) is 0 Å². The van der Waals surface area contributed by atoms with Gasteiger partial charge in [0.25, 0.3) is 0 Å². The minimum atomic E-state index is -1.57. The molecule has 29 heteroatoms. The molecule has 2 unspecified atom stereocenters. The number of nitrogens with one attached hydrogen (secondary N) is 6. The predicted molar refractivity (Wildman–Crippen MR) is 255 cm³/mol. The number of rotatable bonds is 32. The Hall–Kier alpha value is -7.50. The van der Waals surface area contributed by atoms with Crippen molar-refractivity contribution in [3.8, 4) is 0 Å². The Labute approximate surface area is 424 Å². The van der Waals surface area contributed by atoms with Gasteiger partial charge in [-0.15, -0.1) is 0 Å². The van der Waals surface area contributed by atoms with E-state index in [-0.39, 0.29) is 137 Å². The molecule has 0 radical (unpaired) electrons. The maximum atomic E-state index is 13.8. The standard InChI is InChI=1S/C45H68N10O19/c56-34(46-14-5-4-8-30(42(68)69)50-45(74)51-31(43(70)71)9-12-37(59)60)10-11-35(57)47-15-13-32(44(72)73)49-41(67)33(24-29-6-2-1-3-7-29)48-36(58)25-52-16-18-53(26-38(61)62)20-22-55(28-40(65)66)23-21-54(19-17-52)27-39(63)64/h1-3,6-7,30-33H,4-5,8-28H2,(H,46,56)(H,47,57)(H,48,58)(H,49,67)(H,59,60)(H,61,62)(H,63,64)(H,65,66)(H,68,69)(H,70,71)(H,72,73)(H2,50,51,74)/t30-,31-,32?,33?/m0/s1. The summed E-state index contributed by atoms with van der Waals surface area (Å²) in [7, 11) is 0. The second kappa shape index (κ2) is 34.0. The van der Waals surface area contributed by atoms with Gasteiger partial charge < -0.3 is 67.6 Å². The molecule has 2 rings (SSSR count). The highest BCUT2D eigenvalue weighted by molar-refractivity contribution is 5.91. The molecular formula is C45H68N10O19. The second-order valence-electron chi connectivity index (χ2n) is 17.3. The zero-order valence-electron chi connectivity index (χ0n) is 40.8. The summed E-state index contributed by atoms with van der Waals surface area (Å²) in [5.74, 6) is -11.7. The van der Waals surface area contributed by atoms with Gasteiger partial charge in [-0.25, -0.2) is 19.2 Å². The number of unbranched alkanes of at least 4 members (excludes halogenated alkanes) is 1. The number of hydrogen-bond acceptors (Lipinski definition) is 16. The van der Waals surface area contributed by atoms with Crippen LogP contribution in [0.15, 0.2) is 30.3 Å². The summed E-state index contributed by atoms with van der Waals surface area (Å²) in [5.41, 5.74) is 0.612. The van der Waals surface area contributed by atoms with Crippen LogP contribution in [0.1, 0.15) is 56.9 Å². The third-order valence-electron chi connectivity index (χ3n) is 11.4. The number of urea groups is 1. The normalized spacial score (nSPS) is 15.7. The van der Waals surface area contributed by atoms with Crippen molar-refractivity contribution in [3.63, 3.8) is 0 Å². The number of carboxylic acid groups (broad SMARTS) is 7. The molecule has 1 aromatic carbocycles. The van der Waals surface area contributed by atoms with Crippen molar-refractivity contribution >= 4 is 71.4 Å². The first-order chi connectivity index (χ1) is 35.0. The minimum Gasteiger partial charge on any atom is -0.481 e. The van der Waals surface area contributed by atoms with Gasteiger partial charge in [0, 0.05) is 91.1 Å². The van der Waals surface area contributed by atoms with Gasteiger partial charge in [-0.3, -0.25) is 58.0 Å². The zero-order chi connectivity index (χ0) is 55.2. The molecular weight excluding hydrogens is 985 g/mol. The van der Waals surface area contributed by atoms with Gasteiger partial charge in [0.15, 0.2) is 0 Å². The highest BCUT2D eigenvalue weighted by Gasteiger charge is 2.29. The molecule has 0 bridgehead atoms. The molecule has 1 aliphatic heterocycles. The smallest absolute Gasteiger partial charge is 0.326 e. The van der Waals surface area contributed by atoms with Crippen LogP contribution < -0.4 is 31.9 Å². The van der Waals surface area contributed by atoms with Crippen molar-refractivity contribution in [3.05, 3.63) is 35.9 Å². The van der Waals surface area contributed by atoms with Crippen molar-refractivity contribution in [2.75, 3.05) is 91.6 Å². The highest BCUT2D eigenvalue weighted by Crippen LogP contribution is 2.08. The average molecular weight is 1050 g/mol.